The first kappa shape index (κ1) is 18.4. The standard InChI is InChI=1S/C22H21ClN4O/c1-15-25-19(13-21(26-15)24-14-17-8-2-4-10-18(17)23)22(28)27-12-6-9-16-7-3-5-11-20(16)27/h2-5,7-8,10-11,13H,6,9,12,14H2,1H3,(H,24,25,26). The summed E-state index contributed by atoms with van der Waals surface area (Å²) in [5, 5.41) is 3.95. The van der Waals surface area contributed by atoms with Crippen molar-refractivity contribution in [2.45, 2.75) is 26.3 Å². The fraction of sp³-hybridized carbons (Fsp3) is 0.227. The molecule has 4 rings (SSSR count). The van der Waals surface area contributed by atoms with E-state index in [1.807, 2.05) is 47.4 Å². The van der Waals surface area contributed by atoms with Crippen molar-refractivity contribution in [3.8, 4) is 0 Å². The average molecular weight is 393 g/mol. The number of aryl methyl sites for hydroxylation is 2. The van der Waals surface area contributed by atoms with Crippen LogP contribution in [0.3, 0.4) is 0 Å². The molecule has 0 spiro atoms. The Kier molecular flexibility index (Phi) is 5.26. The molecule has 1 aromatic heterocycles. The molecule has 142 valence electrons. The summed E-state index contributed by atoms with van der Waals surface area (Å²) >= 11 is 6.22. The quantitative estimate of drug-likeness (QED) is 0.702. The Hall–Kier alpha value is -2.92. The minimum Gasteiger partial charge on any atom is -0.366 e. The van der Waals surface area contributed by atoms with Gasteiger partial charge in [0.2, 0.25) is 0 Å². The van der Waals surface area contributed by atoms with Gasteiger partial charge in [-0.1, -0.05) is 48.0 Å². The summed E-state index contributed by atoms with van der Waals surface area (Å²) in [7, 11) is 0. The normalized spacial score (nSPS) is 13.1. The van der Waals surface area contributed by atoms with Crippen molar-refractivity contribution in [2.24, 2.45) is 0 Å². The third kappa shape index (κ3) is 3.85. The number of fused-ring (bicyclic) bond motifs is 1. The van der Waals surface area contributed by atoms with E-state index < -0.39 is 0 Å². The van der Waals surface area contributed by atoms with Gasteiger partial charge >= 0.3 is 0 Å². The van der Waals surface area contributed by atoms with E-state index >= 15 is 0 Å². The number of carbonyl (C=O) groups excluding carboxylic acids is 1. The predicted molar refractivity (Wildman–Crippen MR) is 112 cm³/mol. The van der Waals surface area contributed by atoms with Crippen LogP contribution in [0.25, 0.3) is 0 Å². The Morgan fingerprint density at radius 3 is 2.79 bits per heavy atom. The minimum atomic E-state index is -0.0987. The van der Waals surface area contributed by atoms with E-state index in [1.54, 1.807) is 13.0 Å². The highest BCUT2D eigenvalue weighted by Crippen LogP contribution is 2.28. The van der Waals surface area contributed by atoms with Crippen molar-refractivity contribution in [1.29, 1.82) is 0 Å². The Bertz CT molecular complexity index is 1020. The van der Waals surface area contributed by atoms with E-state index in [4.69, 9.17) is 11.6 Å². The van der Waals surface area contributed by atoms with E-state index in [9.17, 15) is 4.79 Å². The first-order valence-electron chi connectivity index (χ1n) is 9.34. The lowest BCUT2D eigenvalue weighted by Crippen LogP contribution is -2.36. The summed E-state index contributed by atoms with van der Waals surface area (Å²) < 4.78 is 0. The van der Waals surface area contributed by atoms with Gasteiger partial charge in [0.1, 0.15) is 17.3 Å². The number of halogens is 1. The lowest BCUT2D eigenvalue weighted by atomic mass is 10.0. The molecule has 0 atom stereocenters. The summed E-state index contributed by atoms with van der Waals surface area (Å²) in [4.78, 5) is 23.8. The second-order valence-electron chi connectivity index (χ2n) is 6.82. The van der Waals surface area contributed by atoms with Crippen molar-refractivity contribution in [1.82, 2.24) is 9.97 Å². The Balaban J connectivity index is 1.57. The molecule has 0 radical (unpaired) electrons. The van der Waals surface area contributed by atoms with E-state index in [-0.39, 0.29) is 5.91 Å². The first-order chi connectivity index (χ1) is 13.6. The lowest BCUT2D eigenvalue weighted by molar-refractivity contribution is 0.0980. The second-order valence-corrected chi connectivity index (χ2v) is 7.23. The largest absolute Gasteiger partial charge is 0.366 e. The summed E-state index contributed by atoms with van der Waals surface area (Å²) in [5.74, 6) is 1.07. The van der Waals surface area contributed by atoms with Gasteiger partial charge in [0.15, 0.2) is 0 Å². The predicted octanol–water partition coefficient (Wildman–Crippen LogP) is 4.64. The molecule has 1 aliphatic rings. The molecule has 28 heavy (non-hydrogen) atoms. The van der Waals surface area contributed by atoms with Crippen molar-refractivity contribution >= 4 is 29.0 Å². The Morgan fingerprint density at radius 2 is 1.93 bits per heavy atom. The number of carbonyl (C=O) groups is 1. The summed E-state index contributed by atoms with van der Waals surface area (Å²) in [5.41, 5.74) is 3.54. The molecular formula is C22H21ClN4O. The SMILES string of the molecule is Cc1nc(NCc2ccccc2Cl)cc(C(=O)N2CCCc3ccccc32)n1. The van der Waals surface area contributed by atoms with Gasteiger partial charge in [-0.2, -0.15) is 0 Å². The van der Waals surface area contributed by atoms with Gasteiger partial charge in [-0.15, -0.1) is 0 Å². The number of hydrogen-bond donors (Lipinski definition) is 1. The molecule has 1 aliphatic heterocycles. The number of nitrogens with zero attached hydrogens (tertiary/aromatic N) is 3. The number of rotatable bonds is 4. The second kappa shape index (κ2) is 7.98. The van der Waals surface area contributed by atoms with Crippen molar-refractivity contribution < 1.29 is 4.79 Å². The fourth-order valence-electron chi connectivity index (χ4n) is 3.48. The number of nitrogens with one attached hydrogen (secondary N) is 1. The topological polar surface area (TPSA) is 58.1 Å². The highest BCUT2D eigenvalue weighted by Gasteiger charge is 2.24. The van der Waals surface area contributed by atoms with Gasteiger partial charge in [-0.25, -0.2) is 9.97 Å². The fourth-order valence-corrected chi connectivity index (χ4v) is 3.68. The molecule has 3 aromatic rings. The van der Waals surface area contributed by atoms with Gasteiger partial charge in [0, 0.05) is 29.9 Å². The van der Waals surface area contributed by atoms with Crippen LogP contribution in [0.4, 0.5) is 11.5 Å². The van der Waals surface area contributed by atoms with E-state index in [1.165, 1.54) is 5.56 Å². The van der Waals surface area contributed by atoms with E-state index in [2.05, 4.69) is 21.4 Å². The number of benzene rings is 2. The molecule has 0 saturated carbocycles. The number of para-hydroxylation sites is 1. The van der Waals surface area contributed by atoms with E-state index in [0.29, 0.717) is 35.4 Å². The smallest absolute Gasteiger partial charge is 0.277 e. The Morgan fingerprint density at radius 1 is 1.14 bits per heavy atom. The van der Waals surface area contributed by atoms with Crippen LogP contribution in [0.5, 0.6) is 0 Å². The molecule has 0 aliphatic carbocycles. The maximum absolute atomic E-state index is 13.2. The summed E-state index contributed by atoms with van der Waals surface area (Å²) in [6.07, 6.45) is 1.94. The van der Waals surface area contributed by atoms with Crippen LogP contribution in [0.15, 0.2) is 54.6 Å². The van der Waals surface area contributed by atoms with Crippen LogP contribution in [-0.4, -0.2) is 22.4 Å². The summed E-state index contributed by atoms with van der Waals surface area (Å²) in [6.45, 7) is 3.01. The molecule has 1 N–H and O–H groups in total. The van der Waals surface area contributed by atoms with Gasteiger partial charge in [-0.05, 0) is 43.0 Å². The molecule has 0 saturated heterocycles. The molecular weight excluding hydrogens is 372 g/mol. The van der Waals surface area contributed by atoms with Crippen molar-refractivity contribution in [3.63, 3.8) is 0 Å². The van der Waals surface area contributed by atoms with Crippen LogP contribution in [0.2, 0.25) is 5.02 Å². The third-order valence-corrected chi connectivity index (χ3v) is 5.20. The monoisotopic (exact) mass is 392 g/mol. The first-order valence-corrected chi connectivity index (χ1v) is 9.72. The Labute approximate surface area is 169 Å². The van der Waals surface area contributed by atoms with Crippen LogP contribution in [0.1, 0.15) is 33.9 Å². The maximum Gasteiger partial charge on any atom is 0.277 e. The molecule has 5 nitrogen and oxygen atoms in total. The molecule has 0 bridgehead atoms. The lowest BCUT2D eigenvalue weighted by Gasteiger charge is -2.29. The van der Waals surface area contributed by atoms with E-state index in [0.717, 1.165) is 24.1 Å². The van der Waals surface area contributed by atoms with Crippen molar-refractivity contribution in [3.05, 3.63) is 82.3 Å². The van der Waals surface area contributed by atoms with Crippen molar-refractivity contribution in [2.75, 3.05) is 16.8 Å². The molecule has 0 unspecified atom stereocenters. The number of amides is 1. The molecule has 6 heteroatoms. The zero-order valence-electron chi connectivity index (χ0n) is 15.7. The molecule has 2 heterocycles. The van der Waals surface area contributed by atoms with Crippen LogP contribution < -0.4 is 10.2 Å². The number of hydrogen-bond acceptors (Lipinski definition) is 4. The third-order valence-electron chi connectivity index (χ3n) is 4.83. The highest BCUT2D eigenvalue weighted by molar-refractivity contribution is 6.31. The van der Waals surface area contributed by atoms with Gasteiger partial charge in [0.05, 0.1) is 0 Å². The maximum atomic E-state index is 13.2. The van der Waals surface area contributed by atoms with Crippen LogP contribution >= 0.6 is 11.6 Å². The zero-order chi connectivity index (χ0) is 19.5. The van der Waals surface area contributed by atoms with Crippen LogP contribution in [-0.2, 0) is 13.0 Å². The number of aromatic nitrogens is 2. The minimum absolute atomic E-state index is 0.0987. The summed E-state index contributed by atoms with van der Waals surface area (Å²) in [6, 6.07) is 17.4. The molecule has 1 amide bonds. The highest BCUT2D eigenvalue weighted by atomic mass is 35.5. The molecule has 2 aromatic carbocycles. The molecule has 0 fully saturated rings. The zero-order valence-corrected chi connectivity index (χ0v) is 16.4. The van der Waals surface area contributed by atoms with Gasteiger partial charge in [0.25, 0.3) is 5.91 Å². The van der Waals surface area contributed by atoms with Gasteiger partial charge < -0.3 is 10.2 Å². The average Bonchev–Trinajstić information content (AvgIpc) is 2.72. The van der Waals surface area contributed by atoms with Gasteiger partial charge in [-0.3, -0.25) is 4.79 Å². The van der Waals surface area contributed by atoms with Crippen LogP contribution in [0, 0.1) is 6.92 Å². The number of anilines is 2.